The van der Waals surface area contributed by atoms with Gasteiger partial charge in [0.15, 0.2) is 5.11 Å². The minimum Gasteiger partial charge on any atom is -0.355 e. The van der Waals surface area contributed by atoms with Crippen molar-refractivity contribution in [1.29, 1.82) is 0 Å². The summed E-state index contributed by atoms with van der Waals surface area (Å²) < 4.78 is 13.1. The molecule has 1 heterocycles. The average molecular weight is 463 g/mol. The van der Waals surface area contributed by atoms with Crippen molar-refractivity contribution in [2.24, 2.45) is 0 Å². The van der Waals surface area contributed by atoms with Crippen LogP contribution in [0, 0.1) is 5.82 Å². The van der Waals surface area contributed by atoms with Gasteiger partial charge in [-0.3, -0.25) is 19.3 Å². The molecule has 7 nitrogen and oxygen atoms in total. The molecular formula is C21H20ClFN4O3S. The van der Waals surface area contributed by atoms with E-state index in [1.54, 1.807) is 29.2 Å². The van der Waals surface area contributed by atoms with E-state index in [1.165, 1.54) is 36.1 Å². The number of hydrogen-bond acceptors (Lipinski definition) is 4. The highest BCUT2D eigenvalue weighted by molar-refractivity contribution is 7.80. The lowest BCUT2D eigenvalue weighted by molar-refractivity contribution is -0.124. The zero-order valence-corrected chi connectivity index (χ0v) is 18.2. The highest BCUT2D eigenvalue weighted by Gasteiger charge is 2.43. The molecular weight excluding hydrogens is 443 g/mol. The molecule has 1 aliphatic heterocycles. The van der Waals surface area contributed by atoms with Crippen molar-refractivity contribution in [2.45, 2.75) is 19.4 Å². The third-order valence-corrected chi connectivity index (χ3v) is 5.31. The fraction of sp³-hybridized carbons (Fsp3) is 0.238. The Bertz CT molecular complexity index is 1000. The van der Waals surface area contributed by atoms with E-state index in [0.29, 0.717) is 16.4 Å². The van der Waals surface area contributed by atoms with Crippen LogP contribution in [0.25, 0.3) is 0 Å². The number of halogens is 2. The first-order chi connectivity index (χ1) is 14.8. The van der Waals surface area contributed by atoms with Crippen LogP contribution in [-0.2, 0) is 14.4 Å². The van der Waals surface area contributed by atoms with E-state index in [9.17, 15) is 18.8 Å². The monoisotopic (exact) mass is 462 g/mol. The zero-order valence-electron chi connectivity index (χ0n) is 16.6. The molecule has 1 fully saturated rings. The quantitative estimate of drug-likeness (QED) is 0.618. The molecule has 2 N–H and O–H groups in total. The second kappa shape index (κ2) is 9.84. The largest absolute Gasteiger partial charge is 0.355 e. The van der Waals surface area contributed by atoms with E-state index in [-0.39, 0.29) is 36.4 Å². The highest BCUT2D eigenvalue weighted by Crippen LogP contribution is 2.28. The van der Waals surface area contributed by atoms with Gasteiger partial charge in [0.1, 0.15) is 11.9 Å². The van der Waals surface area contributed by atoms with E-state index in [0.717, 1.165) is 0 Å². The minimum atomic E-state index is -0.850. The van der Waals surface area contributed by atoms with Gasteiger partial charge < -0.3 is 15.5 Å². The number of thiocarbonyl (C=S) groups is 1. The highest BCUT2D eigenvalue weighted by atomic mass is 35.5. The van der Waals surface area contributed by atoms with Gasteiger partial charge in [0.25, 0.3) is 5.91 Å². The van der Waals surface area contributed by atoms with Gasteiger partial charge >= 0.3 is 0 Å². The fourth-order valence-electron chi connectivity index (χ4n) is 3.19. The van der Waals surface area contributed by atoms with Crippen LogP contribution in [0.4, 0.5) is 15.8 Å². The van der Waals surface area contributed by atoms with Gasteiger partial charge in [-0.05, 0) is 60.7 Å². The summed E-state index contributed by atoms with van der Waals surface area (Å²) in [4.78, 5) is 40.0. The number of anilines is 2. The summed E-state index contributed by atoms with van der Waals surface area (Å²) in [5, 5.41) is 6.07. The van der Waals surface area contributed by atoms with E-state index in [4.69, 9.17) is 23.8 Å². The molecule has 0 aromatic heterocycles. The molecule has 0 radical (unpaired) electrons. The maximum atomic E-state index is 13.2. The van der Waals surface area contributed by atoms with E-state index >= 15 is 0 Å². The Balaban J connectivity index is 1.79. The Morgan fingerprint density at radius 2 is 1.77 bits per heavy atom. The zero-order chi connectivity index (χ0) is 22.5. The summed E-state index contributed by atoms with van der Waals surface area (Å²) in [7, 11) is 0. The van der Waals surface area contributed by atoms with Gasteiger partial charge in [0.05, 0.1) is 12.1 Å². The van der Waals surface area contributed by atoms with Crippen molar-refractivity contribution in [3.63, 3.8) is 0 Å². The first-order valence-corrected chi connectivity index (χ1v) is 10.2. The van der Waals surface area contributed by atoms with E-state index < -0.39 is 17.8 Å². The van der Waals surface area contributed by atoms with Crippen LogP contribution >= 0.6 is 23.8 Å². The maximum Gasteiger partial charge on any atom is 0.256 e. The number of nitrogens with zero attached hydrogens (tertiary/aromatic N) is 2. The number of carbonyl (C=O) groups is 3. The predicted octanol–water partition coefficient (Wildman–Crippen LogP) is 2.95. The van der Waals surface area contributed by atoms with Gasteiger partial charge in [-0.1, -0.05) is 11.6 Å². The van der Waals surface area contributed by atoms with Crippen LogP contribution in [0.15, 0.2) is 48.5 Å². The molecule has 2 aromatic carbocycles. The molecule has 0 saturated carbocycles. The topological polar surface area (TPSA) is 81.8 Å². The van der Waals surface area contributed by atoms with Crippen LogP contribution in [0.2, 0.25) is 5.02 Å². The van der Waals surface area contributed by atoms with Crippen LogP contribution in [0.3, 0.4) is 0 Å². The van der Waals surface area contributed by atoms with Crippen LogP contribution in [0.5, 0.6) is 0 Å². The lowest BCUT2D eigenvalue weighted by Gasteiger charge is -2.24. The third-order valence-electron chi connectivity index (χ3n) is 4.64. The van der Waals surface area contributed by atoms with Crippen molar-refractivity contribution >= 4 is 58.0 Å². The normalized spacial score (nSPS) is 15.9. The van der Waals surface area contributed by atoms with Crippen molar-refractivity contribution in [3.05, 3.63) is 59.4 Å². The van der Waals surface area contributed by atoms with Crippen molar-refractivity contribution < 1.29 is 18.8 Å². The lowest BCUT2D eigenvalue weighted by Crippen LogP contribution is -2.42. The first-order valence-electron chi connectivity index (χ1n) is 9.46. The molecule has 10 heteroatoms. The van der Waals surface area contributed by atoms with Crippen molar-refractivity contribution in [2.75, 3.05) is 23.3 Å². The molecule has 0 spiro atoms. The Labute approximate surface area is 189 Å². The summed E-state index contributed by atoms with van der Waals surface area (Å²) in [5.41, 5.74) is 0.948. The van der Waals surface area contributed by atoms with Crippen molar-refractivity contribution in [3.8, 4) is 0 Å². The van der Waals surface area contributed by atoms with Gasteiger partial charge in [0, 0.05) is 30.7 Å². The summed E-state index contributed by atoms with van der Waals surface area (Å²) in [6, 6.07) is 11.1. The first kappa shape index (κ1) is 22.6. The number of benzene rings is 2. The summed E-state index contributed by atoms with van der Waals surface area (Å²) >= 11 is 11.5. The number of carbonyl (C=O) groups excluding carboxylic acids is 3. The molecule has 0 aliphatic carbocycles. The van der Waals surface area contributed by atoms with Crippen LogP contribution < -0.4 is 15.5 Å². The summed E-state index contributed by atoms with van der Waals surface area (Å²) in [6.07, 6.45) is -0.166. The van der Waals surface area contributed by atoms with Crippen LogP contribution in [0.1, 0.15) is 13.3 Å². The average Bonchev–Trinajstić information content (AvgIpc) is 2.94. The second-order valence-electron chi connectivity index (χ2n) is 6.88. The Kier molecular flexibility index (Phi) is 7.19. The molecule has 1 saturated heterocycles. The smallest absolute Gasteiger partial charge is 0.256 e. The lowest BCUT2D eigenvalue weighted by atomic mass is 10.1. The Morgan fingerprint density at radius 3 is 2.39 bits per heavy atom. The van der Waals surface area contributed by atoms with Gasteiger partial charge in [-0.25, -0.2) is 4.39 Å². The number of hydrogen-bond donors (Lipinski definition) is 2. The molecule has 162 valence electrons. The Morgan fingerprint density at radius 1 is 1.13 bits per heavy atom. The summed E-state index contributed by atoms with van der Waals surface area (Å²) in [5.74, 6) is -1.41. The molecule has 31 heavy (non-hydrogen) atoms. The molecule has 0 bridgehead atoms. The Hall–Kier alpha value is -3.04. The SMILES string of the molecule is CC(=O)NCCN1C(=S)N(c2ccc(Cl)cc2)C(=O)C1CC(=O)Nc1ccc(F)cc1. The molecule has 3 amide bonds. The van der Waals surface area contributed by atoms with Crippen molar-refractivity contribution in [1.82, 2.24) is 10.2 Å². The second-order valence-corrected chi connectivity index (χ2v) is 7.69. The number of rotatable bonds is 7. The number of nitrogens with one attached hydrogen (secondary N) is 2. The third kappa shape index (κ3) is 5.56. The summed E-state index contributed by atoms with van der Waals surface area (Å²) in [6.45, 7) is 1.90. The van der Waals surface area contributed by atoms with Gasteiger partial charge in [-0.2, -0.15) is 0 Å². The molecule has 1 atom stereocenters. The van der Waals surface area contributed by atoms with Gasteiger partial charge in [0.2, 0.25) is 11.8 Å². The van der Waals surface area contributed by atoms with E-state index in [1.807, 2.05) is 0 Å². The number of amides is 3. The minimum absolute atomic E-state index is 0.166. The molecule has 2 aromatic rings. The maximum absolute atomic E-state index is 13.2. The van der Waals surface area contributed by atoms with E-state index in [2.05, 4.69) is 10.6 Å². The predicted molar refractivity (Wildman–Crippen MR) is 120 cm³/mol. The molecule has 1 aliphatic rings. The standard InChI is InChI=1S/C21H20ClFN4O3S/c1-13(28)24-10-11-26-18(12-19(29)25-16-6-4-15(23)5-7-16)20(30)27(21(26)31)17-8-2-14(22)3-9-17/h2-9,18H,10-12H2,1H3,(H,24,28)(H,25,29). The molecule has 1 unspecified atom stereocenters. The fourth-order valence-corrected chi connectivity index (χ4v) is 3.73. The molecule has 3 rings (SSSR count). The van der Waals surface area contributed by atoms with Crippen LogP contribution in [-0.4, -0.2) is 46.9 Å². The van der Waals surface area contributed by atoms with Gasteiger partial charge in [-0.15, -0.1) is 0 Å².